The van der Waals surface area contributed by atoms with E-state index in [-0.39, 0.29) is 0 Å². The summed E-state index contributed by atoms with van der Waals surface area (Å²) >= 11 is 1.87. The first-order valence-corrected chi connectivity index (χ1v) is 5.92. The number of nitrogens with zero attached hydrogens (tertiary/aromatic N) is 1. The summed E-state index contributed by atoms with van der Waals surface area (Å²) in [5.41, 5.74) is 0. The van der Waals surface area contributed by atoms with Crippen LogP contribution in [0.2, 0.25) is 0 Å². The molecule has 0 aromatic carbocycles. The molecule has 1 atom stereocenters. The molecule has 1 saturated heterocycles. The topological polar surface area (TPSA) is 20.3 Å². The van der Waals surface area contributed by atoms with Crippen molar-refractivity contribution < 1.29 is 4.79 Å². The van der Waals surface area contributed by atoms with Gasteiger partial charge in [-0.25, -0.2) is 0 Å². The van der Waals surface area contributed by atoms with Crippen molar-refractivity contribution in [3.8, 4) is 0 Å². The van der Waals surface area contributed by atoms with Crippen LogP contribution < -0.4 is 0 Å². The second-order valence-electron chi connectivity index (χ2n) is 3.28. The van der Waals surface area contributed by atoms with E-state index in [0.29, 0.717) is 18.4 Å². The van der Waals surface area contributed by atoms with Crippen LogP contribution in [0.15, 0.2) is 0 Å². The fourth-order valence-electron chi connectivity index (χ4n) is 1.64. The van der Waals surface area contributed by atoms with Gasteiger partial charge in [-0.15, -0.1) is 0 Å². The molecule has 70 valence electrons. The first-order valence-electron chi connectivity index (χ1n) is 4.52. The van der Waals surface area contributed by atoms with Gasteiger partial charge in [-0.3, -0.25) is 9.69 Å². The first-order chi connectivity index (χ1) is 5.77. The zero-order valence-corrected chi connectivity index (χ0v) is 8.69. The van der Waals surface area contributed by atoms with Gasteiger partial charge in [0.2, 0.25) is 0 Å². The van der Waals surface area contributed by atoms with E-state index < -0.39 is 0 Å². The SMILES string of the molecule is CCC(CSC)N1CCC(=O)C1. The highest BCUT2D eigenvalue weighted by atomic mass is 32.2. The molecule has 0 saturated carbocycles. The van der Waals surface area contributed by atoms with Crippen molar-refractivity contribution in [2.24, 2.45) is 0 Å². The molecule has 1 fully saturated rings. The van der Waals surface area contributed by atoms with Gasteiger partial charge >= 0.3 is 0 Å². The minimum Gasteiger partial charge on any atom is -0.298 e. The van der Waals surface area contributed by atoms with E-state index >= 15 is 0 Å². The molecule has 3 heteroatoms. The second kappa shape index (κ2) is 4.87. The highest BCUT2D eigenvalue weighted by molar-refractivity contribution is 7.98. The summed E-state index contributed by atoms with van der Waals surface area (Å²) in [5, 5.41) is 0. The normalized spacial score (nSPS) is 21.7. The lowest BCUT2D eigenvalue weighted by molar-refractivity contribution is -0.117. The molecular formula is C9H17NOS. The molecule has 1 aliphatic rings. The number of Topliss-reactive ketones (excluding diaryl/α,β-unsaturated/α-hetero) is 1. The summed E-state index contributed by atoms with van der Waals surface area (Å²) in [6.45, 7) is 3.88. The largest absolute Gasteiger partial charge is 0.298 e. The standard InChI is InChI=1S/C9H17NOS/c1-3-8(7-12-2)10-5-4-9(11)6-10/h8H,3-7H2,1-2H3. The molecule has 12 heavy (non-hydrogen) atoms. The molecule has 2 nitrogen and oxygen atoms in total. The molecule has 0 aromatic rings. The van der Waals surface area contributed by atoms with Crippen molar-refractivity contribution in [2.45, 2.75) is 25.8 Å². The summed E-state index contributed by atoms with van der Waals surface area (Å²) in [7, 11) is 0. The van der Waals surface area contributed by atoms with E-state index in [1.54, 1.807) is 0 Å². The van der Waals surface area contributed by atoms with E-state index in [1.165, 1.54) is 0 Å². The zero-order valence-electron chi connectivity index (χ0n) is 7.88. The lowest BCUT2D eigenvalue weighted by Crippen LogP contribution is -2.34. The minimum atomic E-state index is 0.412. The smallest absolute Gasteiger partial charge is 0.148 e. The van der Waals surface area contributed by atoms with Gasteiger partial charge in [-0.05, 0) is 12.7 Å². The average molecular weight is 187 g/mol. The molecule has 0 aromatic heterocycles. The van der Waals surface area contributed by atoms with E-state index in [4.69, 9.17) is 0 Å². The first kappa shape index (κ1) is 10.1. The Hall–Kier alpha value is -0.0200. The predicted octanol–water partition coefficient (Wildman–Crippen LogP) is 1.40. The summed E-state index contributed by atoms with van der Waals surface area (Å²) in [4.78, 5) is 13.3. The van der Waals surface area contributed by atoms with Crippen molar-refractivity contribution in [3.05, 3.63) is 0 Å². The minimum absolute atomic E-state index is 0.412. The molecule has 1 aliphatic heterocycles. The fourth-order valence-corrected chi connectivity index (χ4v) is 2.47. The van der Waals surface area contributed by atoms with Crippen molar-refractivity contribution >= 4 is 17.5 Å². The Morgan fingerprint density at radius 2 is 2.42 bits per heavy atom. The van der Waals surface area contributed by atoms with Crippen LogP contribution in [0.1, 0.15) is 19.8 Å². The Bertz CT molecular complexity index is 161. The third kappa shape index (κ3) is 2.49. The molecule has 0 aliphatic carbocycles. The maximum absolute atomic E-state index is 11.0. The number of thioether (sulfide) groups is 1. The van der Waals surface area contributed by atoms with E-state index in [0.717, 1.165) is 25.1 Å². The molecule has 0 radical (unpaired) electrons. The molecule has 1 heterocycles. The van der Waals surface area contributed by atoms with Crippen LogP contribution in [0.3, 0.4) is 0 Å². The Morgan fingerprint density at radius 3 is 2.83 bits per heavy atom. The number of rotatable bonds is 4. The maximum Gasteiger partial charge on any atom is 0.148 e. The van der Waals surface area contributed by atoms with Crippen LogP contribution in [0.25, 0.3) is 0 Å². The van der Waals surface area contributed by atoms with Crippen molar-refractivity contribution in [3.63, 3.8) is 0 Å². The van der Waals surface area contributed by atoms with Gasteiger partial charge in [0.05, 0.1) is 6.54 Å². The second-order valence-corrected chi connectivity index (χ2v) is 4.19. The summed E-state index contributed by atoms with van der Waals surface area (Å²) in [6, 6.07) is 0.617. The molecule has 0 bridgehead atoms. The van der Waals surface area contributed by atoms with Crippen LogP contribution in [-0.2, 0) is 4.79 Å². The molecule has 1 unspecified atom stereocenters. The summed E-state index contributed by atoms with van der Waals surface area (Å²) in [6.07, 6.45) is 4.06. The van der Waals surface area contributed by atoms with Gasteiger partial charge in [-0.2, -0.15) is 11.8 Å². The maximum atomic E-state index is 11.0. The molecular weight excluding hydrogens is 170 g/mol. The van der Waals surface area contributed by atoms with Gasteiger partial charge in [0.1, 0.15) is 5.78 Å². The van der Waals surface area contributed by atoms with E-state index in [1.807, 2.05) is 11.8 Å². The van der Waals surface area contributed by atoms with Crippen LogP contribution >= 0.6 is 11.8 Å². The lowest BCUT2D eigenvalue weighted by Gasteiger charge is -2.24. The monoisotopic (exact) mass is 187 g/mol. The zero-order chi connectivity index (χ0) is 8.97. The number of hydrogen-bond donors (Lipinski definition) is 0. The molecule has 1 rings (SSSR count). The van der Waals surface area contributed by atoms with Gasteiger partial charge < -0.3 is 0 Å². The van der Waals surface area contributed by atoms with Crippen molar-refractivity contribution in [1.29, 1.82) is 0 Å². The molecule has 0 spiro atoms. The number of carbonyl (C=O) groups is 1. The summed E-state index contributed by atoms with van der Waals surface area (Å²) in [5.74, 6) is 1.57. The van der Waals surface area contributed by atoms with Crippen LogP contribution in [-0.4, -0.2) is 41.8 Å². The van der Waals surface area contributed by atoms with Crippen molar-refractivity contribution in [2.75, 3.05) is 25.1 Å². The van der Waals surface area contributed by atoms with Gasteiger partial charge in [0, 0.05) is 24.8 Å². The Morgan fingerprint density at radius 1 is 1.67 bits per heavy atom. The highest BCUT2D eigenvalue weighted by Crippen LogP contribution is 2.14. The van der Waals surface area contributed by atoms with Gasteiger partial charge in [0.25, 0.3) is 0 Å². The Balaban J connectivity index is 2.38. The quantitative estimate of drug-likeness (QED) is 0.663. The Labute approximate surface area is 78.7 Å². The molecule has 0 N–H and O–H groups in total. The number of carbonyl (C=O) groups excluding carboxylic acids is 1. The van der Waals surface area contributed by atoms with Crippen molar-refractivity contribution in [1.82, 2.24) is 4.90 Å². The Kier molecular flexibility index (Phi) is 4.09. The highest BCUT2D eigenvalue weighted by Gasteiger charge is 2.24. The average Bonchev–Trinajstić information content (AvgIpc) is 2.47. The van der Waals surface area contributed by atoms with E-state index in [2.05, 4.69) is 18.1 Å². The number of hydrogen-bond acceptors (Lipinski definition) is 3. The summed E-state index contributed by atoms with van der Waals surface area (Å²) < 4.78 is 0. The van der Waals surface area contributed by atoms with E-state index in [9.17, 15) is 4.79 Å². The van der Waals surface area contributed by atoms with Crippen LogP contribution in [0.4, 0.5) is 0 Å². The lowest BCUT2D eigenvalue weighted by atomic mass is 10.2. The predicted molar refractivity (Wildman–Crippen MR) is 53.7 cm³/mol. The number of ketones is 1. The van der Waals surface area contributed by atoms with Gasteiger partial charge in [0.15, 0.2) is 0 Å². The third-order valence-corrected chi connectivity index (χ3v) is 3.12. The van der Waals surface area contributed by atoms with Crippen LogP contribution in [0, 0.1) is 0 Å². The number of likely N-dealkylation sites (tertiary alicyclic amines) is 1. The fraction of sp³-hybridized carbons (Fsp3) is 0.889. The molecule has 0 amide bonds. The third-order valence-electron chi connectivity index (χ3n) is 2.40. The van der Waals surface area contributed by atoms with Gasteiger partial charge in [-0.1, -0.05) is 6.92 Å². The van der Waals surface area contributed by atoms with Crippen LogP contribution in [0.5, 0.6) is 0 Å².